The van der Waals surface area contributed by atoms with Gasteiger partial charge in [-0.3, -0.25) is 14.2 Å². The third kappa shape index (κ3) is 5.09. The van der Waals surface area contributed by atoms with Crippen molar-refractivity contribution in [3.63, 3.8) is 0 Å². The molecular formula is C16H12F4N6O4. The molecule has 3 rings (SSSR count). The number of aromatic nitrogens is 5. The molecule has 158 valence electrons. The van der Waals surface area contributed by atoms with E-state index < -0.39 is 29.5 Å². The number of aryl methyl sites for hydroxylation is 1. The Hall–Kier alpha value is -3.97. The quantitative estimate of drug-likeness (QED) is 0.548. The van der Waals surface area contributed by atoms with Crippen LogP contribution in [0.25, 0.3) is 5.82 Å². The minimum atomic E-state index is -4.97. The largest absolute Gasteiger partial charge is 0.573 e. The normalized spacial score (nSPS) is 11.3. The lowest BCUT2D eigenvalue weighted by Gasteiger charge is -2.11. The molecule has 10 nitrogen and oxygen atoms in total. The second kappa shape index (κ2) is 8.18. The number of hydrogen-bond acceptors (Lipinski definition) is 7. The SMILES string of the molecule is O=C(O)CCn1cc(-n2ccnc(Nc3ccc(OC(F)(F)F)cc3F)c2=O)nn1. The summed E-state index contributed by atoms with van der Waals surface area (Å²) < 4.78 is 56.6. The van der Waals surface area contributed by atoms with Crippen molar-refractivity contribution in [3.8, 4) is 11.6 Å². The van der Waals surface area contributed by atoms with Crippen LogP contribution in [0.4, 0.5) is 29.1 Å². The lowest BCUT2D eigenvalue weighted by Crippen LogP contribution is -2.22. The highest BCUT2D eigenvalue weighted by Gasteiger charge is 2.31. The van der Waals surface area contributed by atoms with E-state index in [0.29, 0.717) is 6.07 Å². The summed E-state index contributed by atoms with van der Waals surface area (Å²) in [6.07, 6.45) is -1.38. The Morgan fingerprint density at radius 1 is 1.30 bits per heavy atom. The van der Waals surface area contributed by atoms with Gasteiger partial charge in [-0.25, -0.2) is 14.1 Å². The van der Waals surface area contributed by atoms with Crippen molar-refractivity contribution >= 4 is 17.5 Å². The summed E-state index contributed by atoms with van der Waals surface area (Å²) in [7, 11) is 0. The lowest BCUT2D eigenvalue weighted by molar-refractivity contribution is -0.274. The number of aliphatic carboxylic acids is 1. The maximum atomic E-state index is 14.1. The minimum Gasteiger partial charge on any atom is -0.481 e. The highest BCUT2D eigenvalue weighted by Crippen LogP contribution is 2.27. The topological polar surface area (TPSA) is 124 Å². The van der Waals surface area contributed by atoms with Gasteiger partial charge in [-0.05, 0) is 12.1 Å². The first-order valence-corrected chi connectivity index (χ1v) is 8.14. The standard InChI is InChI=1S/C16H12F4N6O4/c17-10-7-9(30-16(18,19)20)1-2-11(10)22-14-15(29)26(6-4-21-14)12-8-25(24-23-12)5-3-13(27)28/h1-2,4,6-8H,3,5H2,(H,21,22)(H,27,28). The van der Waals surface area contributed by atoms with Gasteiger partial charge in [0.05, 0.1) is 24.8 Å². The number of alkyl halides is 3. The van der Waals surface area contributed by atoms with E-state index in [1.165, 1.54) is 23.3 Å². The fraction of sp³-hybridized carbons (Fsp3) is 0.188. The van der Waals surface area contributed by atoms with Crippen molar-refractivity contribution in [2.75, 3.05) is 5.32 Å². The number of anilines is 2. The molecular weight excluding hydrogens is 416 g/mol. The van der Waals surface area contributed by atoms with Gasteiger partial charge in [0.2, 0.25) is 0 Å². The molecule has 0 spiro atoms. The molecule has 0 saturated heterocycles. The Kier molecular flexibility index (Phi) is 5.66. The Bertz CT molecular complexity index is 1130. The van der Waals surface area contributed by atoms with E-state index in [0.717, 1.165) is 16.7 Å². The molecule has 2 N–H and O–H groups in total. The van der Waals surface area contributed by atoms with Gasteiger partial charge in [0, 0.05) is 18.5 Å². The molecule has 0 fully saturated rings. The summed E-state index contributed by atoms with van der Waals surface area (Å²) in [5.74, 6) is -3.17. The Morgan fingerprint density at radius 3 is 2.73 bits per heavy atom. The van der Waals surface area contributed by atoms with Crippen molar-refractivity contribution in [2.45, 2.75) is 19.3 Å². The highest BCUT2D eigenvalue weighted by atomic mass is 19.4. The summed E-state index contributed by atoms with van der Waals surface area (Å²) >= 11 is 0. The van der Waals surface area contributed by atoms with Crippen LogP contribution in [0.5, 0.6) is 5.75 Å². The number of benzene rings is 1. The van der Waals surface area contributed by atoms with Gasteiger partial charge in [0.1, 0.15) is 11.6 Å². The molecule has 14 heteroatoms. The Morgan fingerprint density at radius 2 is 2.07 bits per heavy atom. The van der Waals surface area contributed by atoms with E-state index in [2.05, 4.69) is 25.3 Å². The van der Waals surface area contributed by atoms with Gasteiger partial charge >= 0.3 is 12.3 Å². The molecule has 30 heavy (non-hydrogen) atoms. The number of rotatable bonds is 7. The number of carboxylic acids is 1. The molecule has 2 heterocycles. The van der Waals surface area contributed by atoms with Crippen molar-refractivity contribution in [1.82, 2.24) is 24.5 Å². The molecule has 2 aromatic heterocycles. The second-order valence-corrected chi connectivity index (χ2v) is 5.75. The molecule has 0 aliphatic rings. The Balaban J connectivity index is 1.82. The lowest BCUT2D eigenvalue weighted by atomic mass is 10.3. The third-order valence-electron chi connectivity index (χ3n) is 3.60. The van der Waals surface area contributed by atoms with Gasteiger partial charge in [-0.15, -0.1) is 18.3 Å². The predicted octanol–water partition coefficient (Wildman–Crippen LogP) is 2.08. The zero-order valence-electron chi connectivity index (χ0n) is 14.8. The maximum absolute atomic E-state index is 14.1. The fourth-order valence-electron chi connectivity index (χ4n) is 2.32. The van der Waals surface area contributed by atoms with Crippen LogP contribution in [0.15, 0.2) is 41.6 Å². The van der Waals surface area contributed by atoms with Gasteiger partial charge < -0.3 is 15.2 Å². The highest BCUT2D eigenvalue weighted by molar-refractivity contribution is 5.66. The van der Waals surface area contributed by atoms with E-state index in [9.17, 15) is 27.2 Å². The molecule has 1 aromatic carbocycles. The van der Waals surface area contributed by atoms with Crippen LogP contribution in [0.2, 0.25) is 0 Å². The van der Waals surface area contributed by atoms with Gasteiger partial charge in [0.25, 0.3) is 5.56 Å². The number of nitrogens with one attached hydrogen (secondary N) is 1. The smallest absolute Gasteiger partial charge is 0.481 e. The average molecular weight is 428 g/mol. The van der Waals surface area contributed by atoms with Crippen LogP contribution in [0.1, 0.15) is 6.42 Å². The van der Waals surface area contributed by atoms with Crippen molar-refractivity contribution in [2.24, 2.45) is 0 Å². The number of halogens is 4. The summed E-state index contributed by atoms with van der Waals surface area (Å²) in [4.78, 5) is 27.0. The third-order valence-corrected chi connectivity index (χ3v) is 3.60. The number of ether oxygens (including phenoxy) is 1. The van der Waals surface area contributed by atoms with Gasteiger partial charge in [-0.2, -0.15) is 0 Å². The fourth-order valence-corrected chi connectivity index (χ4v) is 2.32. The van der Waals surface area contributed by atoms with Crippen molar-refractivity contribution in [3.05, 3.63) is 53.0 Å². The van der Waals surface area contributed by atoms with Crippen molar-refractivity contribution < 1.29 is 32.2 Å². The molecule has 0 atom stereocenters. The van der Waals surface area contributed by atoms with Crippen LogP contribution in [-0.4, -0.2) is 42.0 Å². The van der Waals surface area contributed by atoms with E-state index >= 15 is 0 Å². The van der Waals surface area contributed by atoms with Gasteiger partial charge in [0.15, 0.2) is 11.6 Å². The van der Waals surface area contributed by atoms with E-state index in [1.807, 2.05) is 0 Å². The molecule has 0 aliphatic heterocycles. The van der Waals surface area contributed by atoms with Crippen LogP contribution < -0.4 is 15.6 Å². The van der Waals surface area contributed by atoms with Crippen molar-refractivity contribution in [1.29, 1.82) is 0 Å². The zero-order valence-corrected chi connectivity index (χ0v) is 14.8. The summed E-state index contributed by atoms with van der Waals surface area (Å²) in [5.41, 5.74) is -1.06. The van der Waals surface area contributed by atoms with E-state index in [4.69, 9.17) is 5.11 Å². The van der Waals surface area contributed by atoms with Crippen LogP contribution in [0, 0.1) is 5.82 Å². The van der Waals surface area contributed by atoms with Gasteiger partial charge in [-0.1, -0.05) is 5.21 Å². The first-order valence-electron chi connectivity index (χ1n) is 8.14. The number of carbonyl (C=O) groups is 1. The molecule has 0 saturated carbocycles. The molecule has 0 radical (unpaired) electrons. The van der Waals surface area contributed by atoms with E-state index in [-0.39, 0.29) is 30.3 Å². The average Bonchev–Trinajstić information content (AvgIpc) is 3.11. The second-order valence-electron chi connectivity index (χ2n) is 5.75. The minimum absolute atomic E-state index is 0.0326. The predicted molar refractivity (Wildman–Crippen MR) is 92.0 cm³/mol. The number of carboxylic acid groups (broad SMARTS) is 1. The van der Waals surface area contributed by atoms with Crippen LogP contribution >= 0.6 is 0 Å². The van der Waals surface area contributed by atoms with Crippen LogP contribution in [-0.2, 0) is 11.3 Å². The first-order chi connectivity index (χ1) is 14.1. The van der Waals surface area contributed by atoms with Crippen LogP contribution in [0.3, 0.4) is 0 Å². The molecule has 0 aliphatic carbocycles. The first kappa shape index (κ1) is 20.8. The maximum Gasteiger partial charge on any atom is 0.573 e. The number of nitrogens with zero attached hydrogens (tertiary/aromatic N) is 5. The molecule has 3 aromatic rings. The summed E-state index contributed by atoms with van der Waals surface area (Å²) in [6, 6.07) is 2.33. The van der Waals surface area contributed by atoms with E-state index in [1.54, 1.807) is 0 Å². The molecule has 0 unspecified atom stereocenters. The number of hydrogen-bond donors (Lipinski definition) is 2. The molecule has 0 amide bonds. The summed E-state index contributed by atoms with van der Waals surface area (Å²) in [6.45, 7) is 0.0326. The monoisotopic (exact) mass is 428 g/mol. The zero-order chi connectivity index (χ0) is 21.9. The summed E-state index contributed by atoms with van der Waals surface area (Å²) in [5, 5.41) is 18.6. The molecule has 0 bridgehead atoms. The Labute approximate surface area is 164 Å².